The lowest BCUT2D eigenvalue weighted by Gasteiger charge is -2.17. The second-order valence-electron chi connectivity index (χ2n) is 5.17. The zero-order valence-corrected chi connectivity index (χ0v) is 13.8. The van der Waals surface area contributed by atoms with Crippen molar-refractivity contribution in [2.75, 3.05) is 12.0 Å². The van der Waals surface area contributed by atoms with Crippen LogP contribution in [0.15, 0.2) is 12.3 Å². The van der Waals surface area contributed by atoms with Crippen molar-refractivity contribution in [3.05, 3.63) is 23.7 Å². The van der Waals surface area contributed by atoms with E-state index in [1.54, 1.807) is 12.5 Å². The van der Waals surface area contributed by atoms with Crippen molar-refractivity contribution in [2.45, 2.75) is 38.6 Å². The molecule has 2 aromatic rings. The van der Waals surface area contributed by atoms with Gasteiger partial charge in [0.1, 0.15) is 11.3 Å². The molecule has 0 saturated carbocycles. The quantitative estimate of drug-likeness (QED) is 0.795. The normalized spacial score (nSPS) is 16.2. The van der Waals surface area contributed by atoms with Crippen molar-refractivity contribution in [1.29, 1.82) is 0 Å². The van der Waals surface area contributed by atoms with E-state index in [0.717, 1.165) is 29.0 Å². The molecule has 3 atom stereocenters. The topological polar surface area (TPSA) is 47.8 Å². The van der Waals surface area contributed by atoms with Gasteiger partial charge in [0.05, 0.1) is 5.38 Å². The number of hydrogen-bond acceptors (Lipinski definition) is 3. The van der Waals surface area contributed by atoms with Crippen LogP contribution in [0, 0.1) is 6.92 Å². The fourth-order valence-electron chi connectivity index (χ4n) is 2.31. The molecule has 6 heteroatoms. The number of halogens is 1. The Bertz CT molecular complexity index is 639. The van der Waals surface area contributed by atoms with E-state index < -0.39 is 10.8 Å². The largest absolute Gasteiger partial charge is 0.309 e. The smallest absolute Gasteiger partial charge is 0.160 e. The summed E-state index contributed by atoms with van der Waals surface area (Å²) < 4.78 is 13.4. The van der Waals surface area contributed by atoms with Gasteiger partial charge in [-0.15, -0.1) is 11.6 Å². The second kappa shape index (κ2) is 6.22. The minimum Gasteiger partial charge on any atom is -0.309 e. The van der Waals surface area contributed by atoms with Crippen LogP contribution in [0.3, 0.4) is 0 Å². The summed E-state index contributed by atoms with van der Waals surface area (Å²) in [5, 5.41) is -0.182. The van der Waals surface area contributed by atoms with Crippen LogP contribution in [-0.2, 0) is 10.8 Å². The average molecular weight is 314 g/mol. The monoisotopic (exact) mass is 313 g/mol. The van der Waals surface area contributed by atoms with Gasteiger partial charge in [-0.3, -0.25) is 4.21 Å². The molecule has 2 rings (SSSR count). The number of alkyl halides is 1. The van der Waals surface area contributed by atoms with E-state index in [0.29, 0.717) is 5.75 Å². The van der Waals surface area contributed by atoms with Crippen LogP contribution in [-0.4, -0.2) is 30.8 Å². The highest BCUT2D eigenvalue weighted by molar-refractivity contribution is 7.84. The molecule has 20 heavy (non-hydrogen) atoms. The van der Waals surface area contributed by atoms with E-state index in [9.17, 15) is 4.21 Å². The summed E-state index contributed by atoms with van der Waals surface area (Å²) in [4.78, 5) is 9.11. The minimum absolute atomic E-state index is 0.175. The van der Waals surface area contributed by atoms with Crippen molar-refractivity contribution < 1.29 is 4.21 Å². The maximum atomic E-state index is 11.3. The van der Waals surface area contributed by atoms with Crippen LogP contribution in [0.25, 0.3) is 11.2 Å². The van der Waals surface area contributed by atoms with E-state index in [1.807, 2.05) is 19.9 Å². The van der Waals surface area contributed by atoms with Crippen molar-refractivity contribution in [2.24, 2.45) is 0 Å². The maximum Gasteiger partial charge on any atom is 0.160 e. The molecule has 0 radical (unpaired) electrons. The molecule has 0 aromatic carbocycles. The first-order valence-corrected chi connectivity index (χ1v) is 8.85. The van der Waals surface area contributed by atoms with Crippen LogP contribution >= 0.6 is 11.6 Å². The van der Waals surface area contributed by atoms with Crippen molar-refractivity contribution in [1.82, 2.24) is 14.5 Å². The highest BCUT2D eigenvalue weighted by Crippen LogP contribution is 2.29. The zero-order chi connectivity index (χ0) is 14.9. The fraction of sp³-hybridized carbons (Fsp3) is 0.571. The molecule has 0 N–H and O–H groups in total. The Balaban J connectivity index is 2.51. The summed E-state index contributed by atoms with van der Waals surface area (Å²) in [7, 11) is -0.790. The lowest BCUT2D eigenvalue weighted by Crippen LogP contribution is -2.13. The molecule has 4 nitrogen and oxygen atoms in total. The summed E-state index contributed by atoms with van der Waals surface area (Å²) in [6.07, 6.45) is 4.34. The van der Waals surface area contributed by atoms with Crippen LogP contribution in [0.5, 0.6) is 0 Å². The molecule has 110 valence electrons. The third kappa shape index (κ3) is 3.04. The molecule has 0 amide bonds. The number of aromatic nitrogens is 3. The Kier molecular flexibility index (Phi) is 4.81. The van der Waals surface area contributed by atoms with Gasteiger partial charge in [-0.1, -0.05) is 0 Å². The molecule has 0 aliphatic heterocycles. The van der Waals surface area contributed by atoms with Crippen LogP contribution in [0.4, 0.5) is 0 Å². The number of fused-ring (bicyclic) bond motifs is 1. The summed E-state index contributed by atoms with van der Waals surface area (Å²) in [5.74, 6) is 1.50. The van der Waals surface area contributed by atoms with E-state index in [1.165, 1.54) is 0 Å². The van der Waals surface area contributed by atoms with Gasteiger partial charge in [-0.05, 0) is 38.8 Å². The third-order valence-corrected chi connectivity index (χ3v) is 4.43. The molecular formula is C14H20ClN3OS. The lowest BCUT2D eigenvalue weighted by molar-refractivity contribution is 0.520. The van der Waals surface area contributed by atoms with Gasteiger partial charge in [-0.25, -0.2) is 9.97 Å². The standard InChI is InChI=1S/C14H20ClN3OS/c1-9-5-7-16-14-12(9)17-13(11(3)15)18(14)10(2)6-8-20(4)19/h5,7,10-11H,6,8H2,1-4H3. The molecule has 0 bridgehead atoms. The lowest BCUT2D eigenvalue weighted by atomic mass is 10.2. The average Bonchev–Trinajstić information content (AvgIpc) is 2.77. The summed E-state index contributed by atoms with van der Waals surface area (Å²) in [6, 6.07) is 2.13. The maximum absolute atomic E-state index is 11.3. The molecule has 0 saturated heterocycles. The fourth-order valence-corrected chi connectivity index (χ4v) is 3.14. The van der Waals surface area contributed by atoms with Gasteiger partial charge < -0.3 is 4.57 Å². The molecule has 0 aliphatic carbocycles. The van der Waals surface area contributed by atoms with Crippen LogP contribution < -0.4 is 0 Å². The van der Waals surface area contributed by atoms with Gasteiger partial charge in [0.25, 0.3) is 0 Å². The summed E-state index contributed by atoms with van der Waals surface area (Å²) in [6.45, 7) is 6.04. The van der Waals surface area contributed by atoms with Crippen molar-refractivity contribution >= 4 is 33.6 Å². The highest BCUT2D eigenvalue weighted by atomic mass is 35.5. The number of rotatable bonds is 5. The Morgan fingerprint density at radius 1 is 1.45 bits per heavy atom. The number of imidazole rings is 1. The van der Waals surface area contributed by atoms with E-state index >= 15 is 0 Å². The summed E-state index contributed by atoms with van der Waals surface area (Å²) in [5.41, 5.74) is 2.86. The van der Waals surface area contributed by atoms with Gasteiger partial charge in [-0.2, -0.15) is 0 Å². The van der Waals surface area contributed by atoms with E-state index in [2.05, 4.69) is 21.5 Å². The van der Waals surface area contributed by atoms with Gasteiger partial charge >= 0.3 is 0 Å². The molecular weight excluding hydrogens is 294 g/mol. The van der Waals surface area contributed by atoms with Gasteiger partial charge in [0, 0.05) is 35.0 Å². The zero-order valence-electron chi connectivity index (χ0n) is 12.3. The molecule has 2 heterocycles. The van der Waals surface area contributed by atoms with Crippen molar-refractivity contribution in [3.8, 4) is 0 Å². The second-order valence-corrected chi connectivity index (χ2v) is 7.38. The molecule has 0 fully saturated rings. The number of hydrogen-bond donors (Lipinski definition) is 0. The van der Waals surface area contributed by atoms with Crippen molar-refractivity contribution in [3.63, 3.8) is 0 Å². The highest BCUT2D eigenvalue weighted by Gasteiger charge is 2.20. The predicted molar refractivity (Wildman–Crippen MR) is 84.8 cm³/mol. The minimum atomic E-state index is -0.790. The van der Waals surface area contributed by atoms with Crippen LogP contribution in [0.1, 0.15) is 43.1 Å². The molecule has 3 unspecified atom stereocenters. The first kappa shape index (κ1) is 15.4. The number of nitrogens with zero attached hydrogens (tertiary/aromatic N) is 3. The predicted octanol–water partition coefficient (Wildman–Crippen LogP) is 3.37. The van der Waals surface area contributed by atoms with Crippen LogP contribution in [0.2, 0.25) is 0 Å². The number of aryl methyl sites for hydroxylation is 1. The van der Waals surface area contributed by atoms with Gasteiger partial charge in [0.2, 0.25) is 0 Å². The molecule has 0 spiro atoms. The first-order valence-electron chi connectivity index (χ1n) is 6.69. The summed E-state index contributed by atoms with van der Waals surface area (Å²) >= 11 is 6.27. The van der Waals surface area contributed by atoms with E-state index in [4.69, 9.17) is 11.6 Å². The molecule has 2 aromatic heterocycles. The molecule has 0 aliphatic rings. The van der Waals surface area contributed by atoms with Gasteiger partial charge in [0.15, 0.2) is 5.65 Å². The SMILES string of the molecule is Cc1ccnc2c1nc(C(C)Cl)n2C(C)CCS(C)=O. The Morgan fingerprint density at radius 2 is 2.15 bits per heavy atom. The Hall–Kier alpha value is -0.940. The Labute approximate surface area is 127 Å². The first-order chi connectivity index (χ1) is 9.41. The van der Waals surface area contributed by atoms with E-state index in [-0.39, 0.29) is 11.4 Å². The third-order valence-electron chi connectivity index (χ3n) is 3.43. The number of pyridine rings is 1. The Morgan fingerprint density at radius 3 is 2.75 bits per heavy atom.